The molecule has 0 saturated carbocycles. The van der Waals surface area contributed by atoms with Gasteiger partial charge < -0.3 is 18.9 Å². The molecule has 0 spiro atoms. The minimum atomic E-state index is -0.319. The molecule has 0 radical (unpaired) electrons. The van der Waals surface area contributed by atoms with E-state index in [1.165, 1.54) is 0 Å². The lowest BCUT2D eigenvalue weighted by Crippen LogP contribution is -2.34. The number of rotatable bonds is 6. The fraction of sp³-hybridized carbons (Fsp3) is 0.529. The molecule has 7 heteroatoms. The van der Waals surface area contributed by atoms with Gasteiger partial charge >= 0.3 is 0 Å². The minimum Gasteiger partial charge on any atom is -0.463 e. The molecule has 1 N–H and O–H groups in total. The van der Waals surface area contributed by atoms with Crippen LogP contribution >= 0.6 is 0 Å². The molecule has 1 atom stereocenters. The Kier molecular flexibility index (Phi) is 6.43. The van der Waals surface area contributed by atoms with E-state index < -0.39 is 0 Å². The van der Waals surface area contributed by atoms with Crippen molar-refractivity contribution in [3.8, 4) is 11.5 Å². The molecule has 0 unspecified atom stereocenters. The first-order valence-electron chi connectivity index (χ1n) is 7.91. The number of ether oxygens (including phenoxy) is 4. The third-order valence-corrected chi connectivity index (χ3v) is 3.67. The molecule has 2 rings (SSSR count). The van der Waals surface area contributed by atoms with Gasteiger partial charge in [-0.05, 0) is 31.0 Å². The van der Waals surface area contributed by atoms with Crippen LogP contribution in [-0.2, 0) is 9.47 Å². The minimum absolute atomic E-state index is 0.0135. The van der Waals surface area contributed by atoms with Crippen LogP contribution in [0.3, 0.4) is 0 Å². The molecular weight excluding hydrogens is 312 g/mol. The lowest BCUT2D eigenvalue weighted by atomic mass is 10.1. The Balaban J connectivity index is 2.08. The van der Waals surface area contributed by atoms with Crippen LogP contribution in [0.25, 0.3) is 0 Å². The lowest BCUT2D eigenvalue weighted by Gasteiger charge is -2.15. The number of aliphatic imine (C=N–C) groups is 1. The van der Waals surface area contributed by atoms with Crippen LogP contribution in [0.2, 0.25) is 0 Å². The fourth-order valence-electron chi connectivity index (χ4n) is 1.87. The van der Waals surface area contributed by atoms with Gasteiger partial charge in [0.25, 0.3) is 11.9 Å². The number of nitrogens with zero attached hydrogens (tertiary/aromatic N) is 1. The Labute approximate surface area is 142 Å². The SMILES string of the molecule is COCCOC(=N[C@@H](C)C(C)C)NC(=O)c1ccc2c(c1)OCO2. The second-order valence-corrected chi connectivity index (χ2v) is 5.78. The van der Waals surface area contributed by atoms with Gasteiger partial charge in [0.2, 0.25) is 6.79 Å². The maximum atomic E-state index is 12.4. The van der Waals surface area contributed by atoms with Gasteiger partial charge in [0.1, 0.15) is 6.61 Å². The van der Waals surface area contributed by atoms with E-state index >= 15 is 0 Å². The highest BCUT2D eigenvalue weighted by atomic mass is 16.7. The van der Waals surface area contributed by atoms with Crippen LogP contribution in [0.5, 0.6) is 11.5 Å². The maximum Gasteiger partial charge on any atom is 0.292 e. The third-order valence-electron chi connectivity index (χ3n) is 3.67. The molecule has 0 aromatic heterocycles. The average Bonchev–Trinajstić information content (AvgIpc) is 3.02. The topological polar surface area (TPSA) is 78.4 Å². The predicted molar refractivity (Wildman–Crippen MR) is 89.6 cm³/mol. The van der Waals surface area contributed by atoms with Crippen LogP contribution in [0.4, 0.5) is 0 Å². The van der Waals surface area contributed by atoms with Crippen molar-refractivity contribution >= 4 is 11.9 Å². The second-order valence-electron chi connectivity index (χ2n) is 5.78. The average molecular weight is 336 g/mol. The maximum absolute atomic E-state index is 12.4. The standard InChI is InChI=1S/C17H24N2O5/c1-11(2)12(3)18-17(22-8-7-21-4)19-16(20)13-5-6-14-15(9-13)24-10-23-14/h5-6,9,11-12H,7-8,10H2,1-4H3,(H,18,19,20)/t12-/m0/s1. The van der Waals surface area contributed by atoms with Gasteiger partial charge in [-0.25, -0.2) is 4.99 Å². The van der Waals surface area contributed by atoms with Crippen molar-refractivity contribution in [1.82, 2.24) is 5.32 Å². The van der Waals surface area contributed by atoms with E-state index in [1.54, 1.807) is 25.3 Å². The summed E-state index contributed by atoms with van der Waals surface area (Å²) in [6, 6.07) is 5.21. The first-order valence-corrected chi connectivity index (χ1v) is 7.91. The van der Waals surface area contributed by atoms with Crippen molar-refractivity contribution < 1.29 is 23.7 Å². The summed E-state index contributed by atoms with van der Waals surface area (Å²) in [7, 11) is 1.59. The molecule has 1 aliphatic rings. The summed E-state index contributed by atoms with van der Waals surface area (Å²) in [5.74, 6) is 1.19. The zero-order valence-electron chi connectivity index (χ0n) is 14.5. The monoisotopic (exact) mass is 336 g/mol. The second kappa shape index (κ2) is 8.54. The van der Waals surface area contributed by atoms with Gasteiger partial charge in [-0.2, -0.15) is 0 Å². The summed E-state index contributed by atoms with van der Waals surface area (Å²) in [4.78, 5) is 16.9. The van der Waals surface area contributed by atoms with E-state index in [0.717, 1.165) is 0 Å². The molecule has 0 bridgehead atoms. The van der Waals surface area contributed by atoms with Crippen LogP contribution in [0.1, 0.15) is 31.1 Å². The Morgan fingerprint density at radius 2 is 2.00 bits per heavy atom. The Bertz CT molecular complexity index is 601. The first kappa shape index (κ1) is 18.1. The van der Waals surface area contributed by atoms with E-state index in [0.29, 0.717) is 36.2 Å². The van der Waals surface area contributed by atoms with Crippen LogP contribution in [-0.4, -0.2) is 45.1 Å². The first-order chi connectivity index (χ1) is 11.5. The van der Waals surface area contributed by atoms with Gasteiger partial charge in [-0.3, -0.25) is 10.1 Å². The quantitative estimate of drug-likeness (QED) is 0.489. The van der Waals surface area contributed by atoms with Gasteiger partial charge in [-0.15, -0.1) is 0 Å². The van der Waals surface area contributed by atoms with Crippen molar-refractivity contribution in [2.24, 2.45) is 10.9 Å². The highest BCUT2D eigenvalue weighted by Gasteiger charge is 2.18. The molecule has 1 heterocycles. The number of fused-ring (bicyclic) bond motifs is 1. The Morgan fingerprint density at radius 3 is 2.71 bits per heavy atom. The predicted octanol–water partition coefficient (Wildman–Crippen LogP) is 2.21. The molecule has 0 aliphatic carbocycles. The third kappa shape index (κ3) is 4.86. The van der Waals surface area contributed by atoms with Crippen molar-refractivity contribution in [2.45, 2.75) is 26.8 Å². The molecule has 24 heavy (non-hydrogen) atoms. The molecule has 1 aliphatic heterocycles. The van der Waals surface area contributed by atoms with Gasteiger partial charge in [0, 0.05) is 12.7 Å². The smallest absolute Gasteiger partial charge is 0.292 e. The number of amidine groups is 1. The van der Waals surface area contributed by atoms with E-state index in [2.05, 4.69) is 24.2 Å². The number of carbonyl (C=O) groups is 1. The lowest BCUT2D eigenvalue weighted by molar-refractivity contribution is 0.0952. The number of amides is 1. The van der Waals surface area contributed by atoms with E-state index in [9.17, 15) is 4.79 Å². The van der Waals surface area contributed by atoms with Crippen molar-refractivity contribution in [2.75, 3.05) is 27.1 Å². The van der Waals surface area contributed by atoms with Crippen molar-refractivity contribution in [3.63, 3.8) is 0 Å². The van der Waals surface area contributed by atoms with E-state index in [-0.39, 0.29) is 24.8 Å². The van der Waals surface area contributed by atoms with Crippen LogP contribution in [0, 0.1) is 5.92 Å². The highest BCUT2D eigenvalue weighted by Crippen LogP contribution is 2.32. The fourth-order valence-corrected chi connectivity index (χ4v) is 1.87. The molecule has 0 saturated heterocycles. The van der Waals surface area contributed by atoms with Gasteiger partial charge in [-0.1, -0.05) is 13.8 Å². The summed E-state index contributed by atoms with van der Waals surface area (Å²) < 4.78 is 21.0. The summed E-state index contributed by atoms with van der Waals surface area (Å²) in [5.41, 5.74) is 0.444. The number of benzene rings is 1. The number of carbonyl (C=O) groups excluding carboxylic acids is 1. The molecule has 0 fully saturated rings. The zero-order valence-corrected chi connectivity index (χ0v) is 14.5. The number of hydrogen-bond donors (Lipinski definition) is 1. The van der Waals surface area contributed by atoms with Crippen LogP contribution < -0.4 is 14.8 Å². The molecule has 1 aromatic rings. The Morgan fingerprint density at radius 1 is 1.25 bits per heavy atom. The number of hydrogen-bond acceptors (Lipinski definition) is 6. The molecule has 1 amide bonds. The number of methoxy groups -OCH3 is 1. The summed E-state index contributed by atoms with van der Waals surface area (Å²) in [6.45, 7) is 6.97. The highest BCUT2D eigenvalue weighted by molar-refractivity contribution is 6.04. The molecule has 1 aromatic carbocycles. The summed E-state index contributed by atoms with van der Waals surface area (Å²) >= 11 is 0. The van der Waals surface area contributed by atoms with Crippen LogP contribution in [0.15, 0.2) is 23.2 Å². The normalized spacial score (nSPS) is 14.6. The van der Waals surface area contributed by atoms with Gasteiger partial charge in [0.15, 0.2) is 11.5 Å². The Hall–Kier alpha value is -2.28. The zero-order chi connectivity index (χ0) is 17.5. The van der Waals surface area contributed by atoms with E-state index in [4.69, 9.17) is 18.9 Å². The number of nitrogens with one attached hydrogen (secondary N) is 1. The van der Waals surface area contributed by atoms with Crippen molar-refractivity contribution in [3.05, 3.63) is 23.8 Å². The summed E-state index contributed by atoms with van der Waals surface area (Å²) in [5, 5.41) is 2.71. The molecule has 7 nitrogen and oxygen atoms in total. The largest absolute Gasteiger partial charge is 0.463 e. The summed E-state index contributed by atoms with van der Waals surface area (Å²) in [6.07, 6.45) is 0. The van der Waals surface area contributed by atoms with E-state index in [1.807, 2.05) is 6.92 Å². The van der Waals surface area contributed by atoms with Gasteiger partial charge in [0.05, 0.1) is 12.6 Å². The molecular formula is C17H24N2O5. The molecule has 132 valence electrons. The van der Waals surface area contributed by atoms with Crippen molar-refractivity contribution in [1.29, 1.82) is 0 Å².